The summed E-state index contributed by atoms with van der Waals surface area (Å²) in [6.45, 7) is 4.31. The van der Waals surface area contributed by atoms with E-state index in [9.17, 15) is 4.79 Å². The Bertz CT molecular complexity index is 683. The van der Waals surface area contributed by atoms with Crippen LogP contribution in [0.15, 0.2) is 54.6 Å². The summed E-state index contributed by atoms with van der Waals surface area (Å²) in [6.07, 6.45) is 3.49. The van der Waals surface area contributed by atoms with Gasteiger partial charge < -0.3 is 10.2 Å². The third-order valence-corrected chi connectivity index (χ3v) is 4.66. The molecule has 3 rings (SSSR count). The minimum atomic E-state index is 0.0872. The van der Waals surface area contributed by atoms with Crippen LogP contribution in [0.5, 0.6) is 0 Å². The second-order valence-corrected chi connectivity index (χ2v) is 6.59. The Morgan fingerprint density at radius 3 is 2.58 bits per heavy atom. The van der Waals surface area contributed by atoms with Crippen LogP contribution in [0.2, 0.25) is 0 Å². The molecule has 1 aliphatic heterocycles. The zero-order valence-corrected chi connectivity index (χ0v) is 14.5. The monoisotopic (exact) mass is 322 g/mol. The van der Waals surface area contributed by atoms with Crippen LogP contribution in [0.4, 0.5) is 11.4 Å². The molecule has 0 fully saturated rings. The molecule has 0 aromatic heterocycles. The first-order valence-corrected chi connectivity index (χ1v) is 8.93. The van der Waals surface area contributed by atoms with Crippen LogP contribution in [0.3, 0.4) is 0 Å². The van der Waals surface area contributed by atoms with Gasteiger partial charge in [0.2, 0.25) is 5.91 Å². The second-order valence-electron chi connectivity index (χ2n) is 6.59. The molecule has 0 saturated carbocycles. The average molecular weight is 322 g/mol. The van der Waals surface area contributed by atoms with Crippen molar-refractivity contribution >= 4 is 17.3 Å². The first-order valence-electron chi connectivity index (χ1n) is 8.93. The number of benzene rings is 2. The number of amides is 1. The molecule has 1 heterocycles. The highest BCUT2D eigenvalue weighted by Crippen LogP contribution is 2.39. The van der Waals surface area contributed by atoms with E-state index in [0.717, 1.165) is 30.6 Å². The van der Waals surface area contributed by atoms with Crippen LogP contribution in [-0.4, -0.2) is 11.9 Å². The van der Waals surface area contributed by atoms with Crippen LogP contribution < -0.4 is 10.2 Å². The van der Waals surface area contributed by atoms with Crippen molar-refractivity contribution in [3.8, 4) is 0 Å². The van der Waals surface area contributed by atoms with Crippen molar-refractivity contribution in [1.29, 1.82) is 0 Å². The number of rotatable bonds is 5. The molecule has 0 aliphatic carbocycles. The van der Waals surface area contributed by atoms with Crippen molar-refractivity contribution < 1.29 is 4.79 Å². The molecule has 1 aliphatic rings. The van der Waals surface area contributed by atoms with Gasteiger partial charge in [-0.15, -0.1) is 0 Å². The van der Waals surface area contributed by atoms with Gasteiger partial charge in [0.05, 0.1) is 6.04 Å². The Labute approximate surface area is 144 Å². The summed E-state index contributed by atoms with van der Waals surface area (Å²) >= 11 is 0. The SMILES string of the molecule is CCCCC(=O)N(c1ccccc1)C1CC(C)Nc2ccccc21. The Morgan fingerprint density at radius 2 is 1.83 bits per heavy atom. The summed E-state index contributed by atoms with van der Waals surface area (Å²) < 4.78 is 0. The van der Waals surface area contributed by atoms with E-state index in [1.54, 1.807) is 0 Å². The normalized spacial score (nSPS) is 19.2. The summed E-state index contributed by atoms with van der Waals surface area (Å²) in [6, 6.07) is 18.9. The van der Waals surface area contributed by atoms with Gasteiger partial charge in [0.25, 0.3) is 0 Å². The number of fused-ring (bicyclic) bond motifs is 1. The molecule has 0 radical (unpaired) electrons. The van der Waals surface area contributed by atoms with E-state index in [0.29, 0.717) is 12.5 Å². The van der Waals surface area contributed by atoms with Crippen LogP contribution in [0.1, 0.15) is 51.1 Å². The molecule has 2 aromatic carbocycles. The van der Waals surface area contributed by atoms with Gasteiger partial charge in [0, 0.05) is 23.8 Å². The lowest BCUT2D eigenvalue weighted by atomic mass is 9.91. The summed E-state index contributed by atoms with van der Waals surface area (Å²) in [7, 11) is 0. The summed E-state index contributed by atoms with van der Waals surface area (Å²) in [4.78, 5) is 15.0. The smallest absolute Gasteiger partial charge is 0.227 e. The van der Waals surface area contributed by atoms with E-state index < -0.39 is 0 Å². The summed E-state index contributed by atoms with van der Waals surface area (Å²) in [5.41, 5.74) is 3.35. The van der Waals surface area contributed by atoms with Gasteiger partial charge in [-0.1, -0.05) is 49.7 Å². The molecule has 2 aromatic rings. The van der Waals surface area contributed by atoms with E-state index in [1.165, 1.54) is 5.56 Å². The maximum atomic E-state index is 13.0. The molecule has 2 unspecified atom stereocenters. The number of hydrogen-bond donors (Lipinski definition) is 1. The second kappa shape index (κ2) is 7.52. The van der Waals surface area contributed by atoms with Crippen molar-refractivity contribution in [3.05, 3.63) is 60.2 Å². The molecular formula is C21H26N2O. The van der Waals surface area contributed by atoms with Gasteiger partial charge in [-0.3, -0.25) is 4.79 Å². The molecule has 0 saturated heterocycles. The lowest BCUT2D eigenvalue weighted by molar-refractivity contribution is -0.119. The minimum absolute atomic E-state index is 0.0872. The molecule has 0 bridgehead atoms. The van der Waals surface area contributed by atoms with Gasteiger partial charge in [-0.2, -0.15) is 0 Å². The van der Waals surface area contributed by atoms with E-state index in [2.05, 4.69) is 37.4 Å². The minimum Gasteiger partial charge on any atom is -0.382 e. The molecular weight excluding hydrogens is 296 g/mol. The number of para-hydroxylation sites is 2. The highest BCUT2D eigenvalue weighted by Gasteiger charge is 2.32. The fourth-order valence-electron chi connectivity index (χ4n) is 3.48. The van der Waals surface area contributed by atoms with Crippen molar-refractivity contribution in [3.63, 3.8) is 0 Å². The standard InChI is InChI=1S/C21H26N2O/c1-3-4-14-21(24)23(17-10-6-5-7-11-17)20-15-16(2)22-19-13-9-8-12-18(19)20/h5-13,16,20,22H,3-4,14-15H2,1-2H3. The highest BCUT2D eigenvalue weighted by molar-refractivity contribution is 5.94. The third kappa shape index (κ3) is 3.45. The first kappa shape index (κ1) is 16.6. The number of nitrogens with one attached hydrogen (secondary N) is 1. The number of nitrogens with zero attached hydrogens (tertiary/aromatic N) is 1. The molecule has 3 nitrogen and oxygen atoms in total. The Morgan fingerprint density at radius 1 is 1.12 bits per heavy atom. The maximum absolute atomic E-state index is 13.0. The third-order valence-electron chi connectivity index (χ3n) is 4.66. The largest absolute Gasteiger partial charge is 0.382 e. The van der Waals surface area contributed by atoms with E-state index >= 15 is 0 Å². The number of carbonyl (C=O) groups excluding carboxylic acids is 1. The lowest BCUT2D eigenvalue weighted by Gasteiger charge is -2.39. The predicted molar refractivity (Wildman–Crippen MR) is 100 cm³/mol. The van der Waals surface area contributed by atoms with Crippen molar-refractivity contribution in [2.75, 3.05) is 10.2 Å². The molecule has 0 spiro atoms. The molecule has 126 valence electrons. The Hall–Kier alpha value is -2.29. The van der Waals surface area contributed by atoms with E-state index in [-0.39, 0.29) is 11.9 Å². The highest BCUT2D eigenvalue weighted by atomic mass is 16.2. The number of carbonyl (C=O) groups is 1. The van der Waals surface area contributed by atoms with Gasteiger partial charge in [0.1, 0.15) is 0 Å². The average Bonchev–Trinajstić information content (AvgIpc) is 2.61. The van der Waals surface area contributed by atoms with Crippen LogP contribution in [-0.2, 0) is 4.79 Å². The van der Waals surface area contributed by atoms with E-state index in [1.807, 2.05) is 41.3 Å². The Kier molecular flexibility index (Phi) is 5.19. The summed E-state index contributed by atoms with van der Waals surface area (Å²) in [5, 5.41) is 3.54. The molecule has 1 N–H and O–H groups in total. The zero-order valence-electron chi connectivity index (χ0n) is 14.5. The fourth-order valence-corrected chi connectivity index (χ4v) is 3.48. The van der Waals surface area contributed by atoms with Gasteiger partial charge in [0.15, 0.2) is 0 Å². The van der Waals surface area contributed by atoms with Gasteiger partial charge in [-0.25, -0.2) is 0 Å². The van der Waals surface area contributed by atoms with Gasteiger partial charge in [-0.05, 0) is 43.5 Å². The Balaban J connectivity index is 2.01. The predicted octanol–water partition coefficient (Wildman–Crippen LogP) is 5.16. The first-order chi connectivity index (χ1) is 11.7. The number of anilines is 2. The van der Waals surface area contributed by atoms with Crippen molar-refractivity contribution in [2.45, 2.75) is 51.6 Å². The van der Waals surface area contributed by atoms with Crippen LogP contribution >= 0.6 is 0 Å². The fraction of sp³-hybridized carbons (Fsp3) is 0.381. The zero-order chi connectivity index (χ0) is 16.9. The maximum Gasteiger partial charge on any atom is 0.227 e. The van der Waals surface area contributed by atoms with Crippen LogP contribution in [0.25, 0.3) is 0 Å². The number of unbranched alkanes of at least 4 members (excludes halogenated alkanes) is 1. The van der Waals surface area contributed by atoms with Gasteiger partial charge >= 0.3 is 0 Å². The van der Waals surface area contributed by atoms with Crippen molar-refractivity contribution in [2.24, 2.45) is 0 Å². The summed E-state index contributed by atoms with van der Waals surface area (Å²) in [5.74, 6) is 0.219. The van der Waals surface area contributed by atoms with Crippen LogP contribution in [0, 0.1) is 0 Å². The molecule has 24 heavy (non-hydrogen) atoms. The topological polar surface area (TPSA) is 32.3 Å². The van der Waals surface area contributed by atoms with Crippen molar-refractivity contribution in [1.82, 2.24) is 0 Å². The van der Waals surface area contributed by atoms with E-state index in [4.69, 9.17) is 0 Å². The quantitative estimate of drug-likeness (QED) is 0.825. The lowest BCUT2D eigenvalue weighted by Crippen LogP contribution is -2.40. The molecule has 1 amide bonds. The number of hydrogen-bond acceptors (Lipinski definition) is 2. The molecule has 2 atom stereocenters. The molecule has 3 heteroatoms.